The summed E-state index contributed by atoms with van der Waals surface area (Å²) in [6.07, 6.45) is 2.67. The summed E-state index contributed by atoms with van der Waals surface area (Å²) in [6.45, 7) is 3.78. The predicted molar refractivity (Wildman–Crippen MR) is 139 cm³/mol. The van der Waals surface area contributed by atoms with Crippen molar-refractivity contribution in [1.82, 2.24) is 10.6 Å². The van der Waals surface area contributed by atoms with Crippen LogP contribution in [0.4, 0.5) is 0 Å². The van der Waals surface area contributed by atoms with Gasteiger partial charge in [0.2, 0.25) is 11.8 Å². The molecule has 0 aliphatic heterocycles. The van der Waals surface area contributed by atoms with Gasteiger partial charge in [0.15, 0.2) is 0 Å². The molecule has 0 radical (unpaired) electrons. The van der Waals surface area contributed by atoms with Gasteiger partial charge >= 0.3 is 5.97 Å². The molecule has 1 fully saturated rings. The fourth-order valence-electron chi connectivity index (χ4n) is 4.35. The normalized spacial score (nSPS) is 16.4. The molecule has 0 aromatic heterocycles. The van der Waals surface area contributed by atoms with Crippen molar-refractivity contribution in [1.29, 1.82) is 0 Å². The Morgan fingerprint density at radius 3 is 2.03 bits per heavy atom. The van der Waals surface area contributed by atoms with E-state index in [1.165, 1.54) is 0 Å². The van der Waals surface area contributed by atoms with Gasteiger partial charge in [-0.05, 0) is 47.6 Å². The topological polar surface area (TPSA) is 105 Å². The number of ether oxygens (including phenoxy) is 1. The van der Waals surface area contributed by atoms with E-state index in [2.05, 4.69) is 23.3 Å². The van der Waals surface area contributed by atoms with Crippen LogP contribution in [-0.2, 0) is 20.8 Å². The lowest BCUT2D eigenvalue weighted by Crippen LogP contribution is -2.61. The van der Waals surface area contributed by atoms with Crippen LogP contribution in [0.25, 0.3) is 11.1 Å². The smallest absolute Gasteiger partial charge is 0.326 e. The average Bonchev–Trinajstić information content (AvgIpc) is 3.33. The second kappa shape index (κ2) is 11.6. The van der Waals surface area contributed by atoms with Crippen LogP contribution in [-0.4, -0.2) is 46.8 Å². The van der Waals surface area contributed by atoms with E-state index >= 15 is 0 Å². The van der Waals surface area contributed by atoms with Crippen LogP contribution in [0.5, 0.6) is 5.75 Å². The summed E-state index contributed by atoms with van der Waals surface area (Å²) in [5.41, 5.74) is 1.70. The monoisotopic (exact) mass is 498 g/mol. The molecule has 8 heteroatoms. The van der Waals surface area contributed by atoms with E-state index < -0.39 is 28.7 Å². The molecular weight excluding hydrogens is 464 g/mol. The Morgan fingerprint density at radius 2 is 1.54 bits per heavy atom. The highest BCUT2D eigenvalue weighted by molar-refractivity contribution is 7.81. The number of benzene rings is 2. The summed E-state index contributed by atoms with van der Waals surface area (Å²) < 4.78 is 5.19. The Bertz CT molecular complexity index is 1030. The summed E-state index contributed by atoms with van der Waals surface area (Å²) in [4.78, 5) is 37.9. The molecule has 0 bridgehead atoms. The highest BCUT2D eigenvalue weighted by Crippen LogP contribution is 2.31. The maximum absolute atomic E-state index is 13.3. The molecule has 3 rings (SSSR count). The first-order chi connectivity index (χ1) is 16.6. The maximum atomic E-state index is 13.3. The van der Waals surface area contributed by atoms with Crippen LogP contribution in [0.3, 0.4) is 0 Å². The third-order valence-corrected chi connectivity index (χ3v) is 7.41. The number of carbonyl (C=O) groups is 3. The molecule has 3 N–H and O–H groups in total. The van der Waals surface area contributed by atoms with Crippen molar-refractivity contribution in [2.75, 3.05) is 7.11 Å². The van der Waals surface area contributed by atoms with Gasteiger partial charge in [0.25, 0.3) is 0 Å². The van der Waals surface area contributed by atoms with Gasteiger partial charge in [0.05, 0.1) is 12.4 Å². The highest BCUT2D eigenvalue weighted by Gasteiger charge is 2.44. The first-order valence-electron chi connectivity index (χ1n) is 11.9. The van der Waals surface area contributed by atoms with Crippen molar-refractivity contribution >= 4 is 30.4 Å². The summed E-state index contributed by atoms with van der Waals surface area (Å²) in [5.74, 6) is -1.09. The largest absolute Gasteiger partial charge is 0.497 e. The minimum absolute atomic E-state index is 0.00695. The van der Waals surface area contributed by atoms with Crippen LogP contribution in [0.1, 0.15) is 45.1 Å². The van der Waals surface area contributed by atoms with E-state index in [-0.39, 0.29) is 18.2 Å². The number of methoxy groups -OCH3 is 1. The number of nitrogens with one attached hydrogen (secondary N) is 2. The number of aliphatic carboxylic acids is 1. The number of hydrogen-bond donors (Lipinski definition) is 4. The van der Waals surface area contributed by atoms with Gasteiger partial charge in [0, 0.05) is 6.42 Å². The second-order valence-electron chi connectivity index (χ2n) is 9.46. The molecule has 2 amide bonds. The quantitative estimate of drug-likeness (QED) is 0.373. The van der Waals surface area contributed by atoms with Gasteiger partial charge in [-0.15, -0.1) is 0 Å². The third-order valence-electron chi connectivity index (χ3n) is 6.57. The van der Waals surface area contributed by atoms with E-state index in [4.69, 9.17) is 4.74 Å². The molecule has 1 aliphatic carbocycles. The Kier molecular flexibility index (Phi) is 8.83. The number of amides is 2. The molecule has 0 heterocycles. The van der Waals surface area contributed by atoms with Gasteiger partial charge in [-0.2, -0.15) is 12.6 Å². The molecule has 2 atom stereocenters. The first kappa shape index (κ1) is 26.6. The summed E-state index contributed by atoms with van der Waals surface area (Å²) in [7, 11) is 1.62. The lowest BCUT2D eigenvalue weighted by atomic mass is 9.94. The molecule has 1 saturated carbocycles. The van der Waals surface area contributed by atoms with Gasteiger partial charge in [-0.1, -0.05) is 63.1 Å². The minimum atomic E-state index is -1.12. The van der Waals surface area contributed by atoms with Crippen molar-refractivity contribution in [3.05, 3.63) is 54.1 Å². The zero-order valence-corrected chi connectivity index (χ0v) is 21.3. The molecule has 188 valence electrons. The Morgan fingerprint density at radius 1 is 1.00 bits per heavy atom. The molecular formula is C27H34N2O5S. The molecule has 0 spiro atoms. The van der Waals surface area contributed by atoms with E-state index in [0.717, 1.165) is 35.3 Å². The van der Waals surface area contributed by atoms with Gasteiger partial charge in [-0.25, -0.2) is 4.79 Å². The number of carboxylic acids is 1. The fraction of sp³-hybridized carbons (Fsp3) is 0.444. The van der Waals surface area contributed by atoms with Crippen molar-refractivity contribution in [3.8, 4) is 16.9 Å². The molecule has 35 heavy (non-hydrogen) atoms. The zero-order chi connectivity index (χ0) is 25.6. The summed E-state index contributed by atoms with van der Waals surface area (Å²) in [5, 5.41) is 14.8. The molecule has 0 saturated heterocycles. The van der Waals surface area contributed by atoms with Crippen LogP contribution in [0.2, 0.25) is 0 Å². The van der Waals surface area contributed by atoms with E-state index in [1.807, 2.05) is 62.4 Å². The van der Waals surface area contributed by atoms with Gasteiger partial charge < -0.3 is 20.5 Å². The molecule has 1 aliphatic rings. The lowest BCUT2D eigenvalue weighted by Gasteiger charge is -2.32. The Labute approximate surface area is 212 Å². The van der Waals surface area contributed by atoms with Crippen LogP contribution < -0.4 is 15.4 Å². The number of carboxylic acid groups (broad SMARTS) is 1. The predicted octanol–water partition coefficient (Wildman–Crippen LogP) is 3.86. The Balaban J connectivity index is 1.70. The maximum Gasteiger partial charge on any atom is 0.326 e. The van der Waals surface area contributed by atoms with Gasteiger partial charge in [-0.3, -0.25) is 9.59 Å². The number of rotatable bonds is 10. The van der Waals surface area contributed by atoms with Crippen LogP contribution >= 0.6 is 12.6 Å². The number of carbonyl (C=O) groups excluding carboxylic acids is 2. The molecule has 2 aromatic carbocycles. The number of thiol groups is 1. The van der Waals surface area contributed by atoms with E-state index in [9.17, 15) is 19.5 Å². The van der Waals surface area contributed by atoms with Crippen LogP contribution in [0, 0.1) is 5.92 Å². The fourth-order valence-corrected chi connectivity index (χ4v) is 4.41. The van der Waals surface area contributed by atoms with Gasteiger partial charge in [0.1, 0.15) is 17.3 Å². The van der Waals surface area contributed by atoms with Crippen molar-refractivity contribution in [2.45, 2.75) is 62.8 Å². The molecule has 7 nitrogen and oxygen atoms in total. The minimum Gasteiger partial charge on any atom is -0.497 e. The average molecular weight is 499 g/mol. The van der Waals surface area contributed by atoms with Crippen molar-refractivity contribution < 1.29 is 24.2 Å². The SMILES string of the molecule is COc1ccc(-c2ccc(C[C@H](NC(=O)C3(NC(=O)[C@@H](S)C(C)C)CCCC3)C(=O)O)cc2)cc1. The Hall–Kier alpha value is -3.00. The zero-order valence-electron chi connectivity index (χ0n) is 20.4. The third kappa shape index (κ3) is 6.57. The lowest BCUT2D eigenvalue weighted by molar-refractivity contribution is -0.143. The van der Waals surface area contributed by atoms with Crippen LogP contribution in [0.15, 0.2) is 48.5 Å². The van der Waals surface area contributed by atoms with E-state index in [0.29, 0.717) is 12.8 Å². The highest BCUT2D eigenvalue weighted by atomic mass is 32.1. The van der Waals surface area contributed by atoms with Crippen molar-refractivity contribution in [3.63, 3.8) is 0 Å². The number of hydrogen-bond acceptors (Lipinski definition) is 5. The summed E-state index contributed by atoms with van der Waals surface area (Å²) >= 11 is 4.37. The van der Waals surface area contributed by atoms with Crippen molar-refractivity contribution in [2.24, 2.45) is 5.92 Å². The first-order valence-corrected chi connectivity index (χ1v) is 12.4. The second-order valence-corrected chi connectivity index (χ2v) is 10.0. The summed E-state index contributed by atoms with van der Waals surface area (Å²) in [6, 6.07) is 14.1. The molecule has 0 unspecified atom stereocenters. The standard InChI is InChI=1S/C27H34N2O5S/c1-17(2)23(35)24(30)29-27(14-4-5-15-27)26(33)28-22(25(31)32)16-18-6-8-19(9-7-18)20-10-12-21(34-3)13-11-20/h6-13,17,22-23,35H,4-5,14-16H2,1-3H3,(H,28,33)(H,29,30)(H,31,32)/t22-,23-/m0/s1. The molecule has 2 aromatic rings. The van der Waals surface area contributed by atoms with E-state index in [1.54, 1.807) is 7.11 Å².